The lowest BCUT2D eigenvalue weighted by atomic mass is 10.2. The number of ether oxygens (including phenoxy) is 4. The van der Waals surface area contributed by atoms with E-state index in [1.807, 2.05) is 0 Å². The molecule has 0 saturated heterocycles. The maximum Gasteiger partial charge on any atom is 0.534 e. The van der Waals surface area contributed by atoms with Gasteiger partial charge in [-0.3, -0.25) is 19.3 Å². The molecule has 0 aromatic carbocycles. The first-order chi connectivity index (χ1) is 18.8. The van der Waals surface area contributed by atoms with E-state index in [2.05, 4.69) is 0 Å². The summed E-state index contributed by atoms with van der Waals surface area (Å²) in [5, 5.41) is 0.396. The molecule has 0 aliphatic rings. The van der Waals surface area contributed by atoms with Gasteiger partial charge in [-0.05, 0) is 95.9 Å². The molecule has 0 aliphatic carbocycles. The molecule has 0 atom stereocenters. The Bertz CT molecular complexity index is 928. The van der Waals surface area contributed by atoms with E-state index < -0.39 is 58.7 Å². The molecule has 42 heavy (non-hydrogen) atoms. The number of hydrogen-bond acceptors (Lipinski definition) is 12. The summed E-state index contributed by atoms with van der Waals surface area (Å²) in [4.78, 5) is 84.1. The predicted octanol–water partition coefficient (Wildman–Crippen LogP) is 6.36. The zero-order valence-corrected chi connectivity index (χ0v) is 26.8. The molecule has 0 unspecified atom stereocenters. The number of nitrogens with zero attached hydrogens (tertiary/aromatic N) is 2. The minimum Gasteiger partial charge on any atom is -0.441 e. The molecular formula is C28H46N2O12. The molecule has 4 amide bonds. The molecule has 0 aromatic rings. The number of amides is 4. The molecule has 14 heteroatoms. The van der Waals surface area contributed by atoms with Crippen molar-refractivity contribution in [2.24, 2.45) is 0 Å². The highest BCUT2D eigenvalue weighted by Crippen LogP contribution is 2.16. The fraction of sp³-hybridized carbons (Fsp3) is 0.714. The van der Waals surface area contributed by atoms with Gasteiger partial charge >= 0.3 is 24.5 Å². The molecule has 0 aromatic heterocycles. The van der Waals surface area contributed by atoms with Crippen LogP contribution in [0.15, 0.2) is 12.2 Å². The van der Waals surface area contributed by atoms with E-state index >= 15 is 0 Å². The summed E-state index contributed by atoms with van der Waals surface area (Å²) in [6.07, 6.45) is -2.19. The van der Waals surface area contributed by atoms with Gasteiger partial charge in [0.25, 0.3) is 11.8 Å². The number of rotatable bonds is 6. The van der Waals surface area contributed by atoms with Crippen molar-refractivity contribution in [2.45, 2.75) is 131 Å². The van der Waals surface area contributed by atoms with Crippen molar-refractivity contribution in [3.63, 3.8) is 0 Å². The number of imide groups is 2. The van der Waals surface area contributed by atoms with E-state index in [0.717, 1.165) is 0 Å². The lowest BCUT2D eigenvalue weighted by Gasteiger charge is -2.26. The first-order valence-corrected chi connectivity index (χ1v) is 13.4. The highest BCUT2D eigenvalue weighted by atomic mass is 16.9. The van der Waals surface area contributed by atoms with Gasteiger partial charge in [-0.15, -0.1) is 0 Å². The van der Waals surface area contributed by atoms with Crippen molar-refractivity contribution < 1.29 is 57.4 Å². The van der Waals surface area contributed by atoms with E-state index in [4.69, 9.17) is 28.6 Å². The normalized spacial score (nSPS) is 12.2. The van der Waals surface area contributed by atoms with Crippen LogP contribution in [-0.2, 0) is 38.2 Å². The summed E-state index contributed by atoms with van der Waals surface area (Å²) in [6.45, 7) is 19.0. The molecule has 0 bridgehead atoms. The van der Waals surface area contributed by atoms with Crippen LogP contribution in [0.1, 0.15) is 109 Å². The third-order valence-corrected chi connectivity index (χ3v) is 3.90. The van der Waals surface area contributed by atoms with Crippen LogP contribution in [0.2, 0.25) is 0 Å². The van der Waals surface area contributed by atoms with Gasteiger partial charge in [-0.1, -0.05) is 22.3 Å². The predicted molar refractivity (Wildman–Crippen MR) is 148 cm³/mol. The molecule has 0 heterocycles. The summed E-state index contributed by atoms with van der Waals surface area (Å²) in [5.74, 6) is -1.75. The molecule has 0 fully saturated rings. The van der Waals surface area contributed by atoms with Crippen LogP contribution in [0.5, 0.6) is 0 Å². The van der Waals surface area contributed by atoms with E-state index in [-0.39, 0.29) is 35.8 Å². The SMILES string of the molecule is CC(C)(C)OC(=O)ON(C(=O)CC/C=C/CCC(=O)N(OC(=O)OC(C)(C)C)C(=O)OC(C)(C)C)C(=O)OC(C)(C)C. The van der Waals surface area contributed by atoms with Crippen molar-refractivity contribution in [3.8, 4) is 0 Å². The Hall–Kier alpha value is -3.84. The van der Waals surface area contributed by atoms with Gasteiger partial charge in [0.1, 0.15) is 22.4 Å². The largest absolute Gasteiger partial charge is 0.534 e. The summed E-state index contributed by atoms with van der Waals surface area (Å²) in [6, 6.07) is 0. The fourth-order valence-electron chi connectivity index (χ4n) is 2.53. The third-order valence-electron chi connectivity index (χ3n) is 3.90. The maximum atomic E-state index is 12.7. The van der Waals surface area contributed by atoms with Crippen molar-refractivity contribution in [1.82, 2.24) is 10.1 Å². The standard InChI is InChI=1S/C28H46N2O12/c1-25(2,3)37-21(33)29(41-23(35)39-27(7,8)9)19(31)17-15-13-14-16-18-20(32)30(22(34)38-26(4,5)6)42-24(36)40-28(10,11)12/h13-14H,15-18H2,1-12H3/b14-13+. The Morgan fingerprint density at radius 2 is 0.738 bits per heavy atom. The minimum atomic E-state index is -1.26. The molecule has 0 rings (SSSR count). The van der Waals surface area contributed by atoms with Crippen LogP contribution in [0, 0.1) is 0 Å². The lowest BCUT2D eigenvalue weighted by molar-refractivity contribution is -0.171. The Balaban J connectivity index is 5.25. The number of hydrogen-bond donors (Lipinski definition) is 0. The summed E-state index contributed by atoms with van der Waals surface area (Å²) in [5.41, 5.74) is -3.81. The van der Waals surface area contributed by atoms with E-state index in [1.165, 1.54) is 0 Å². The molecule has 240 valence electrons. The van der Waals surface area contributed by atoms with Gasteiger partial charge in [0.15, 0.2) is 0 Å². The summed E-state index contributed by atoms with van der Waals surface area (Å²) in [7, 11) is 0. The monoisotopic (exact) mass is 602 g/mol. The van der Waals surface area contributed by atoms with Gasteiger partial charge < -0.3 is 18.9 Å². The maximum absolute atomic E-state index is 12.7. The molecule has 0 N–H and O–H groups in total. The quantitative estimate of drug-likeness (QED) is 0.143. The topological polar surface area (TPSA) is 164 Å². The summed E-state index contributed by atoms with van der Waals surface area (Å²) >= 11 is 0. The smallest absolute Gasteiger partial charge is 0.441 e. The average molecular weight is 603 g/mol. The van der Waals surface area contributed by atoms with Crippen LogP contribution in [-0.4, -0.2) is 68.8 Å². The average Bonchev–Trinajstić information content (AvgIpc) is 2.72. The second-order valence-corrected chi connectivity index (χ2v) is 13.0. The Kier molecular flexibility index (Phi) is 14.0. The number of carbonyl (C=O) groups is 6. The Morgan fingerprint density at radius 1 is 0.476 bits per heavy atom. The Morgan fingerprint density at radius 3 is 0.976 bits per heavy atom. The molecule has 0 radical (unpaired) electrons. The Labute approximate surface area is 247 Å². The number of allylic oxidation sites excluding steroid dienone is 2. The van der Waals surface area contributed by atoms with E-state index in [0.29, 0.717) is 0 Å². The molecule has 0 saturated carbocycles. The zero-order chi connectivity index (χ0) is 33.1. The van der Waals surface area contributed by atoms with Gasteiger partial charge in [0.2, 0.25) is 0 Å². The number of carbonyl (C=O) groups excluding carboxylic acids is 6. The fourth-order valence-corrected chi connectivity index (χ4v) is 2.53. The van der Waals surface area contributed by atoms with Crippen LogP contribution in [0.3, 0.4) is 0 Å². The van der Waals surface area contributed by atoms with Gasteiger partial charge in [0, 0.05) is 12.8 Å². The van der Waals surface area contributed by atoms with Crippen LogP contribution in [0.4, 0.5) is 19.2 Å². The van der Waals surface area contributed by atoms with Crippen LogP contribution in [0.25, 0.3) is 0 Å². The minimum absolute atomic E-state index is 0.0915. The van der Waals surface area contributed by atoms with Crippen molar-refractivity contribution in [2.75, 3.05) is 0 Å². The van der Waals surface area contributed by atoms with Crippen molar-refractivity contribution in [3.05, 3.63) is 12.2 Å². The van der Waals surface area contributed by atoms with Gasteiger partial charge in [0.05, 0.1) is 0 Å². The molecular weight excluding hydrogens is 556 g/mol. The van der Waals surface area contributed by atoms with Crippen LogP contribution >= 0.6 is 0 Å². The van der Waals surface area contributed by atoms with Crippen molar-refractivity contribution in [1.29, 1.82) is 0 Å². The lowest BCUT2D eigenvalue weighted by Crippen LogP contribution is -2.43. The highest BCUT2D eigenvalue weighted by molar-refractivity contribution is 5.92. The molecule has 0 aliphatic heterocycles. The number of hydroxylamine groups is 4. The second-order valence-electron chi connectivity index (χ2n) is 13.0. The zero-order valence-electron chi connectivity index (χ0n) is 26.8. The first kappa shape index (κ1) is 38.2. The van der Waals surface area contributed by atoms with E-state index in [1.54, 1.807) is 95.2 Å². The van der Waals surface area contributed by atoms with E-state index in [9.17, 15) is 28.8 Å². The molecule has 0 spiro atoms. The van der Waals surface area contributed by atoms with Crippen LogP contribution < -0.4 is 0 Å². The first-order valence-electron chi connectivity index (χ1n) is 13.4. The van der Waals surface area contributed by atoms with Crippen molar-refractivity contribution >= 4 is 36.3 Å². The summed E-state index contributed by atoms with van der Waals surface area (Å²) < 4.78 is 20.3. The van der Waals surface area contributed by atoms with Gasteiger partial charge in [-0.25, -0.2) is 19.2 Å². The molecule has 14 nitrogen and oxygen atoms in total. The highest BCUT2D eigenvalue weighted by Gasteiger charge is 2.34. The second kappa shape index (κ2) is 15.4. The third kappa shape index (κ3) is 18.5. The van der Waals surface area contributed by atoms with Gasteiger partial charge in [-0.2, -0.15) is 0 Å².